The van der Waals surface area contributed by atoms with E-state index in [0.717, 1.165) is 0 Å². The van der Waals surface area contributed by atoms with Crippen LogP contribution in [0, 0.1) is 0 Å². The SMILES string of the molecule is CCCCCCCCC(S)CCCC(S)CCCCCCCC. The molecule has 0 aliphatic carbocycles. The summed E-state index contributed by atoms with van der Waals surface area (Å²) >= 11 is 9.54. The molecule has 0 aromatic heterocycles. The van der Waals surface area contributed by atoms with Crippen LogP contribution in [0.3, 0.4) is 0 Å². The van der Waals surface area contributed by atoms with Crippen molar-refractivity contribution in [3.8, 4) is 0 Å². The molecular weight excluding hydrogens is 316 g/mol. The zero-order valence-corrected chi connectivity index (χ0v) is 17.9. The lowest BCUT2D eigenvalue weighted by Crippen LogP contribution is -2.03. The van der Waals surface area contributed by atoms with E-state index in [9.17, 15) is 0 Å². The molecule has 0 fully saturated rings. The van der Waals surface area contributed by atoms with Crippen molar-refractivity contribution in [2.75, 3.05) is 0 Å². The summed E-state index contributed by atoms with van der Waals surface area (Å²) in [6.45, 7) is 4.57. The van der Waals surface area contributed by atoms with Gasteiger partial charge in [-0.25, -0.2) is 0 Å². The summed E-state index contributed by atoms with van der Waals surface area (Å²) in [6.07, 6.45) is 23.3. The largest absolute Gasteiger partial charge is 0.176 e. The Morgan fingerprint density at radius 1 is 0.435 bits per heavy atom. The number of rotatable bonds is 18. The third kappa shape index (κ3) is 18.9. The van der Waals surface area contributed by atoms with E-state index in [1.165, 1.54) is 109 Å². The third-order valence-corrected chi connectivity index (χ3v) is 5.89. The van der Waals surface area contributed by atoms with Gasteiger partial charge in [0.1, 0.15) is 0 Å². The molecule has 0 rings (SSSR count). The zero-order chi connectivity index (χ0) is 17.2. The Morgan fingerprint density at radius 2 is 0.739 bits per heavy atom. The van der Waals surface area contributed by atoms with E-state index in [0.29, 0.717) is 10.5 Å². The molecule has 0 bridgehead atoms. The average Bonchev–Trinajstić information content (AvgIpc) is 2.54. The molecule has 0 saturated heterocycles. The molecule has 0 nitrogen and oxygen atoms in total. The molecule has 2 unspecified atom stereocenters. The summed E-state index contributed by atoms with van der Waals surface area (Å²) in [7, 11) is 0. The van der Waals surface area contributed by atoms with E-state index >= 15 is 0 Å². The molecule has 0 aromatic carbocycles. The van der Waals surface area contributed by atoms with Crippen LogP contribution in [0.4, 0.5) is 0 Å². The van der Waals surface area contributed by atoms with Crippen molar-refractivity contribution in [2.45, 2.75) is 134 Å². The first-order valence-electron chi connectivity index (χ1n) is 10.6. The summed E-state index contributed by atoms with van der Waals surface area (Å²) in [5, 5.41) is 1.24. The maximum atomic E-state index is 4.77. The lowest BCUT2D eigenvalue weighted by molar-refractivity contribution is 0.538. The Labute approximate surface area is 158 Å². The molecule has 0 N–H and O–H groups in total. The molecular formula is C21H44S2. The highest BCUT2D eigenvalue weighted by Crippen LogP contribution is 2.20. The van der Waals surface area contributed by atoms with Gasteiger partial charge in [0.25, 0.3) is 0 Å². The number of hydrogen-bond donors (Lipinski definition) is 2. The second-order valence-electron chi connectivity index (χ2n) is 7.35. The van der Waals surface area contributed by atoms with Crippen molar-refractivity contribution in [3.05, 3.63) is 0 Å². The van der Waals surface area contributed by atoms with Gasteiger partial charge in [0, 0.05) is 10.5 Å². The molecule has 2 atom stereocenters. The van der Waals surface area contributed by atoms with Gasteiger partial charge < -0.3 is 0 Å². The van der Waals surface area contributed by atoms with Gasteiger partial charge in [0.05, 0.1) is 0 Å². The average molecular weight is 361 g/mol. The predicted octanol–water partition coefficient (Wildman–Crippen LogP) is 8.25. The molecule has 0 aromatic rings. The van der Waals surface area contributed by atoms with Crippen LogP contribution in [0.1, 0.15) is 123 Å². The maximum absolute atomic E-state index is 4.77. The van der Waals surface area contributed by atoms with E-state index in [1.54, 1.807) is 0 Å². The first-order chi connectivity index (χ1) is 11.2. The highest BCUT2D eigenvalue weighted by molar-refractivity contribution is 7.81. The number of unbranched alkanes of at least 4 members (excludes halogenated alkanes) is 10. The minimum atomic E-state index is 0.621. The summed E-state index contributed by atoms with van der Waals surface area (Å²) in [5.41, 5.74) is 0. The number of thiol groups is 2. The Morgan fingerprint density at radius 3 is 1.13 bits per heavy atom. The van der Waals surface area contributed by atoms with Gasteiger partial charge >= 0.3 is 0 Å². The molecule has 0 saturated carbocycles. The molecule has 23 heavy (non-hydrogen) atoms. The maximum Gasteiger partial charge on any atom is 0.00168 e. The van der Waals surface area contributed by atoms with Crippen molar-refractivity contribution < 1.29 is 0 Å². The van der Waals surface area contributed by atoms with Gasteiger partial charge in [-0.2, -0.15) is 25.3 Å². The Hall–Kier alpha value is 0.700. The zero-order valence-electron chi connectivity index (χ0n) is 16.1. The third-order valence-electron chi connectivity index (χ3n) is 4.86. The normalized spacial score (nSPS) is 14.1. The van der Waals surface area contributed by atoms with E-state index < -0.39 is 0 Å². The lowest BCUT2D eigenvalue weighted by atomic mass is 10.0. The fourth-order valence-corrected chi connectivity index (χ4v) is 3.93. The molecule has 0 spiro atoms. The topological polar surface area (TPSA) is 0 Å². The molecule has 2 heteroatoms. The second-order valence-corrected chi connectivity index (χ2v) is 8.81. The molecule has 0 aliphatic rings. The first-order valence-corrected chi connectivity index (χ1v) is 11.6. The van der Waals surface area contributed by atoms with E-state index in [-0.39, 0.29) is 0 Å². The van der Waals surface area contributed by atoms with Crippen LogP contribution >= 0.6 is 25.3 Å². The van der Waals surface area contributed by atoms with Crippen LogP contribution in [-0.2, 0) is 0 Å². The van der Waals surface area contributed by atoms with Gasteiger partial charge in [-0.3, -0.25) is 0 Å². The van der Waals surface area contributed by atoms with Crippen molar-refractivity contribution in [2.24, 2.45) is 0 Å². The van der Waals surface area contributed by atoms with Crippen LogP contribution in [0.15, 0.2) is 0 Å². The van der Waals surface area contributed by atoms with E-state index in [2.05, 4.69) is 13.8 Å². The quantitative estimate of drug-likeness (QED) is 0.178. The van der Waals surface area contributed by atoms with Crippen molar-refractivity contribution in [3.63, 3.8) is 0 Å². The minimum Gasteiger partial charge on any atom is -0.176 e. The summed E-state index contributed by atoms with van der Waals surface area (Å²) in [4.78, 5) is 0. The summed E-state index contributed by atoms with van der Waals surface area (Å²) in [6, 6.07) is 0. The van der Waals surface area contributed by atoms with Gasteiger partial charge in [-0.15, -0.1) is 0 Å². The second kappa shape index (κ2) is 19.0. The van der Waals surface area contributed by atoms with Gasteiger partial charge in [-0.05, 0) is 25.7 Å². The molecule has 0 aliphatic heterocycles. The minimum absolute atomic E-state index is 0.621. The van der Waals surface area contributed by atoms with Crippen molar-refractivity contribution >= 4 is 25.3 Å². The van der Waals surface area contributed by atoms with Crippen LogP contribution in [0.25, 0.3) is 0 Å². The van der Waals surface area contributed by atoms with Crippen LogP contribution in [0.5, 0.6) is 0 Å². The molecule has 0 amide bonds. The Kier molecular flexibility index (Phi) is 19.6. The fourth-order valence-electron chi connectivity index (χ4n) is 3.20. The molecule has 0 heterocycles. The van der Waals surface area contributed by atoms with Crippen LogP contribution < -0.4 is 0 Å². The Balaban J connectivity index is 3.30. The van der Waals surface area contributed by atoms with Gasteiger partial charge in [0.2, 0.25) is 0 Å². The van der Waals surface area contributed by atoms with E-state index in [1.807, 2.05) is 0 Å². The number of hydrogen-bond acceptors (Lipinski definition) is 2. The first kappa shape index (κ1) is 23.7. The molecule has 0 radical (unpaired) electrons. The lowest BCUT2D eigenvalue weighted by Gasteiger charge is -2.13. The van der Waals surface area contributed by atoms with Crippen LogP contribution in [0.2, 0.25) is 0 Å². The highest BCUT2D eigenvalue weighted by Gasteiger charge is 2.06. The summed E-state index contributed by atoms with van der Waals surface area (Å²) < 4.78 is 0. The monoisotopic (exact) mass is 360 g/mol. The standard InChI is InChI=1S/C21H44S2/c1-3-5-7-9-11-13-16-20(22)18-15-19-21(23)17-14-12-10-8-6-4-2/h20-23H,3-19H2,1-2H3. The van der Waals surface area contributed by atoms with Gasteiger partial charge in [-0.1, -0.05) is 97.3 Å². The van der Waals surface area contributed by atoms with Crippen LogP contribution in [-0.4, -0.2) is 10.5 Å². The van der Waals surface area contributed by atoms with Crippen molar-refractivity contribution in [1.82, 2.24) is 0 Å². The smallest absolute Gasteiger partial charge is 0.00168 e. The van der Waals surface area contributed by atoms with Crippen molar-refractivity contribution in [1.29, 1.82) is 0 Å². The fraction of sp³-hybridized carbons (Fsp3) is 1.00. The van der Waals surface area contributed by atoms with Gasteiger partial charge in [0.15, 0.2) is 0 Å². The summed E-state index contributed by atoms with van der Waals surface area (Å²) in [5.74, 6) is 0. The molecule has 140 valence electrons. The highest BCUT2D eigenvalue weighted by atomic mass is 32.1. The predicted molar refractivity (Wildman–Crippen MR) is 115 cm³/mol. The van der Waals surface area contributed by atoms with E-state index in [4.69, 9.17) is 25.3 Å². The Bertz CT molecular complexity index is 196.